The summed E-state index contributed by atoms with van der Waals surface area (Å²) in [6.45, 7) is 5.58. The van der Waals surface area contributed by atoms with Crippen LogP contribution in [0, 0.1) is 0 Å². The Hall–Kier alpha value is -0.310. The van der Waals surface area contributed by atoms with E-state index >= 15 is 0 Å². The summed E-state index contributed by atoms with van der Waals surface area (Å²) >= 11 is 1.84. The molecular weight excluding hydrogens is 310 g/mol. The highest BCUT2D eigenvalue weighted by molar-refractivity contribution is 7.99. The van der Waals surface area contributed by atoms with Crippen LogP contribution >= 0.6 is 11.8 Å². The van der Waals surface area contributed by atoms with Gasteiger partial charge in [-0.1, -0.05) is 0 Å². The number of amides is 1. The van der Waals surface area contributed by atoms with Crippen molar-refractivity contribution in [3.05, 3.63) is 0 Å². The first-order valence-electron chi connectivity index (χ1n) is 7.47. The van der Waals surface area contributed by atoms with Crippen LogP contribution < -0.4 is 0 Å². The molecule has 2 aliphatic rings. The summed E-state index contributed by atoms with van der Waals surface area (Å²) < 4.78 is 28.0. The Balaban J connectivity index is 2.14. The Labute approximate surface area is 132 Å². The molecule has 0 N–H and O–H groups in total. The van der Waals surface area contributed by atoms with Gasteiger partial charge in [0.05, 0.1) is 0 Å². The SMILES string of the molecule is CC(C)N(C)S(=O)(=O)N1CCC[C@H]1C(=O)N1CCSCC1. The van der Waals surface area contributed by atoms with Gasteiger partial charge >= 0.3 is 0 Å². The van der Waals surface area contributed by atoms with Crippen LogP contribution in [-0.4, -0.2) is 78.1 Å². The summed E-state index contributed by atoms with van der Waals surface area (Å²) in [6.07, 6.45) is 1.39. The van der Waals surface area contributed by atoms with E-state index in [2.05, 4.69) is 0 Å². The van der Waals surface area contributed by atoms with Crippen molar-refractivity contribution in [2.24, 2.45) is 0 Å². The normalized spacial score (nSPS) is 25.0. The molecule has 2 heterocycles. The molecule has 2 saturated heterocycles. The van der Waals surface area contributed by atoms with Gasteiger partial charge in [0.25, 0.3) is 10.2 Å². The molecule has 2 rings (SSSR count). The predicted molar refractivity (Wildman–Crippen MR) is 85.5 cm³/mol. The second-order valence-corrected chi connectivity index (χ2v) is 8.99. The highest BCUT2D eigenvalue weighted by atomic mass is 32.2. The zero-order chi connectivity index (χ0) is 15.6. The van der Waals surface area contributed by atoms with Crippen molar-refractivity contribution in [2.45, 2.75) is 38.8 Å². The molecule has 2 fully saturated rings. The molecule has 0 saturated carbocycles. The Morgan fingerprint density at radius 2 is 1.86 bits per heavy atom. The first-order chi connectivity index (χ1) is 9.85. The number of carbonyl (C=O) groups is 1. The number of thioether (sulfide) groups is 1. The molecule has 8 heteroatoms. The second-order valence-electron chi connectivity index (χ2n) is 5.82. The third-order valence-corrected chi connectivity index (χ3v) is 7.32. The molecule has 0 aromatic heterocycles. The molecule has 0 aromatic carbocycles. The van der Waals surface area contributed by atoms with E-state index in [1.807, 2.05) is 30.5 Å². The predicted octanol–water partition coefficient (Wildman–Crippen LogP) is 0.611. The second kappa shape index (κ2) is 6.85. The molecule has 0 bridgehead atoms. The molecule has 0 unspecified atom stereocenters. The zero-order valence-corrected chi connectivity index (χ0v) is 14.6. The van der Waals surface area contributed by atoms with Gasteiger partial charge in [0.2, 0.25) is 5.91 Å². The first-order valence-corrected chi connectivity index (χ1v) is 10.0. The van der Waals surface area contributed by atoms with Crippen molar-refractivity contribution < 1.29 is 13.2 Å². The average molecular weight is 335 g/mol. The average Bonchev–Trinajstić information content (AvgIpc) is 2.96. The van der Waals surface area contributed by atoms with E-state index in [1.165, 1.54) is 8.61 Å². The quantitative estimate of drug-likeness (QED) is 0.755. The molecule has 2 aliphatic heterocycles. The van der Waals surface area contributed by atoms with Gasteiger partial charge in [-0.2, -0.15) is 28.8 Å². The maximum atomic E-state index is 12.6. The molecule has 6 nitrogen and oxygen atoms in total. The van der Waals surface area contributed by atoms with E-state index in [0.717, 1.165) is 31.0 Å². The maximum absolute atomic E-state index is 12.6. The lowest BCUT2D eigenvalue weighted by Gasteiger charge is -2.34. The zero-order valence-electron chi connectivity index (χ0n) is 13.0. The molecule has 21 heavy (non-hydrogen) atoms. The molecule has 1 atom stereocenters. The topological polar surface area (TPSA) is 60.9 Å². The minimum absolute atomic E-state index is 0.0199. The van der Waals surface area contributed by atoms with Crippen LogP contribution in [0.4, 0.5) is 0 Å². The summed E-state index contributed by atoms with van der Waals surface area (Å²) in [5.74, 6) is 1.86. The monoisotopic (exact) mass is 335 g/mol. The Kier molecular flexibility index (Phi) is 5.56. The molecule has 122 valence electrons. The fourth-order valence-electron chi connectivity index (χ4n) is 2.69. The summed E-state index contributed by atoms with van der Waals surface area (Å²) in [5.41, 5.74) is 0. The smallest absolute Gasteiger partial charge is 0.282 e. The van der Waals surface area contributed by atoms with E-state index in [-0.39, 0.29) is 11.9 Å². The third-order valence-electron chi connectivity index (χ3n) is 4.20. The lowest BCUT2D eigenvalue weighted by Crippen LogP contribution is -2.53. The van der Waals surface area contributed by atoms with Crippen molar-refractivity contribution in [1.82, 2.24) is 13.5 Å². The number of hydrogen-bond acceptors (Lipinski definition) is 4. The van der Waals surface area contributed by atoms with E-state index in [9.17, 15) is 13.2 Å². The molecule has 0 radical (unpaired) electrons. The largest absolute Gasteiger partial charge is 0.340 e. The van der Waals surface area contributed by atoms with Crippen molar-refractivity contribution >= 4 is 27.9 Å². The van der Waals surface area contributed by atoms with E-state index in [0.29, 0.717) is 13.0 Å². The minimum atomic E-state index is -3.56. The van der Waals surface area contributed by atoms with Crippen LogP contribution in [0.15, 0.2) is 0 Å². The lowest BCUT2D eigenvalue weighted by molar-refractivity contribution is -0.134. The van der Waals surface area contributed by atoms with Crippen molar-refractivity contribution in [1.29, 1.82) is 0 Å². The van der Waals surface area contributed by atoms with E-state index < -0.39 is 16.3 Å². The van der Waals surface area contributed by atoms with E-state index in [1.54, 1.807) is 7.05 Å². The third kappa shape index (κ3) is 3.55. The van der Waals surface area contributed by atoms with Gasteiger partial charge in [-0.25, -0.2) is 0 Å². The molecule has 0 aromatic rings. The molecule has 0 spiro atoms. The van der Waals surface area contributed by atoms with Crippen LogP contribution in [0.5, 0.6) is 0 Å². The lowest BCUT2D eigenvalue weighted by atomic mass is 10.2. The van der Waals surface area contributed by atoms with Gasteiger partial charge in [-0.05, 0) is 26.7 Å². The van der Waals surface area contributed by atoms with Gasteiger partial charge in [0.1, 0.15) is 6.04 Å². The van der Waals surface area contributed by atoms with Crippen molar-refractivity contribution in [2.75, 3.05) is 38.2 Å². The summed E-state index contributed by atoms with van der Waals surface area (Å²) in [7, 11) is -1.98. The van der Waals surface area contributed by atoms with Crippen LogP contribution in [0.3, 0.4) is 0 Å². The fourth-order valence-corrected chi connectivity index (χ4v) is 5.33. The van der Waals surface area contributed by atoms with Gasteiger partial charge in [-0.3, -0.25) is 4.79 Å². The summed E-state index contributed by atoms with van der Waals surface area (Å²) in [4.78, 5) is 14.5. The van der Waals surface area contributed by atoms with Crippen molar-refractivity contribution in [3.63, 3.8) is 0 Å². The van der Waals surface area contributed by atoms with Crippen molar-refractivity contribution in [3.8, 4) is 0 Å². The highest BCUT2D eigenvalue weighted by Gasteiger charge is 2.42. The van der Waals surface area contributed by atoms with Gasteiger partial charge in [-0.15, -0.1) is 0 Å². The van der Waals surface area contributed by atoms with Gasteiger partial charge in [0, 0.05) is 44.2 Å². The van der Waals surface area contributed by atoms with Crippen LogP contribution in [0.25, 0.3) is 0 Å². The fraction of sp³-hybridized carbons (Fsp3) is 0.923. The van der Waals surface area contributed by atoms with Crippen LogP contribution in [-0.2, 0) is 15.0 Å². The number of nitrogens with zero attached hydrogens (tertiary/aromatic N) is 3. The molecule has 0 aliphatic carbocycles. The molecule has 1 amide bonds. The minimum Gasteiger partial charge on any atom is -0.340 e. The van der Waals surface area contributed by atoms with Gasteiger partial charge < -0.3 is 4.90 Å². The summed E-state index contributed by atoms with van der Waals surface area (Å²) in [5, 5.41) is 0. The number of rotatable bonds is 4. The maximum Gasteiger partial charge on any atom is 0.282 e. The Bertz CT molecular complexity index is 475. The van der Waals surface area contributed by atoms with E-state index in [4.69, 9.17) is 0 Å². The standard InChI is InChI=1S/C13H25N3O3S2/c1-11(2)14(3)21(18,19)16-6-4-5-12(16)13(17)15-7-9-20-10-8-15/h11-12H,4-10H2,1-3H3/t12-/m0/s1. The van der Waals surface area contributed by atoms with Crippen LogP contribution in [0.1, 0.15) is 26.7 Å². The number of hydrogen-bond donors (Lipinski definition) is 0. The number of carbonyl (C=O) groups excluding carboxylic acids is 1. The van der Waals surface area contributed by atoms with Gasteiger partial charge in [0.15, 0.2) is 0 Å². The highest BCUT2D eigenvalue weighted by Crippen LogP contribution is 2.26. The Morgan fingerprint density at radius 3 is 2.43 bits per heavy atom. The van der Waals surface area contributed by atoms with Crippen LogP contribution in [0.2, 0.25) is 0 Å². The molecular formula is C13H25N3O3S2. The Morgan fingerprint density at radius 1 is 1.24 bits per heavy atom. The first kappa shape index (κ1) is 17.1. The summed E-state index contributed by atoms with van der Waals surface area (Å²) in [6, 6.07) is -0.628.